The lowest BCUT2D eigenvalue weighted by molar-refractivity contribution is 0.628. The summed E-state index contributed by atoms with van der Waals surface area (Å²) in [6.07, 6.45) is 1.06. The van der Waals surface area contributed by atoms with Crippen molar-refractivity contribution in [3.8, 4) is 11.3 Å². The van der Waals surface area contributed by atoms with Gasteiger partial charge in [0.25, 0.3) is 0 Å². The van der Waals surface area contributed by atoms with Gasteiger partial charge in [0.05, 0.1) is 0 Å². The molecular weight excluding hydrogens is 239 g/mol. The van der Waals surface area contributed by atoms with E-state index in [1.165, 1.54) is 23.4 Å². The summed E-state index contributed by atoms with van der Waals surface area (Å²) in [4.78, 5) is 3.38. The van der Waals surface area contributed by atoms with Crippen LogP contribution in [0.5, 0.6) is 0 Å². The zero-order chi connectivity index (χ0) is 11.0. The number of benzene rings is 1. The van der Waals surface area contributed by atoms with Crippen molar-refractivity contribution in [3.05, 3.63) is 47.4 Å². The molecule has 4 heteroatoms. The van der Waals surface area contributed by atoms with Gasteiger partial charge in [0.2, 0.25) is 0 Å². The second kappa shape index (κ2) is 4.90. The zero-order valence-electron chi connectivity index (χ0n) is 9.29. The molecule has 1 aliphatic heterocycles. The lowest BCUT2D eigenvalue weighted by atomic mass is 10.1. The Labute approximate surface area is 106 Å². The molecule has 2 N–H and O–H groups in total. The van der Waals surface area contributed by atoms with Crippen molar-refractivity contribution < 1.29 is 4.39 Å². The zero-order valence-corrected chi connectivity index (χ0v) is 10.1. The Bertz CT molecular complexity index is 481. The van der Waals surface area contributed by atoms with Crippen molar-refractivity contribution in [1.82, 2.24) is 10.3 Å². The van der Waals surface area contributed by atoms with E-state index in [0.29, 0.717) is 0 Å². The maximum Gasteiger partial charge on any atom is 0.123 e. The molecule has 2 heterocycles. The molecule has 2 nitrogen and oxygen atoms in total. The van der Waals surface area contributed by atoms with Crippen molar-refractivity contribution >= 4 is 12.4 Å². The first-order valence-corrected chi connectivity index (χ1v) is 5.50. The van der Waals surface area contributed by atoms with Crippen LogP contribution in [0.4, 0.5) is 4.39 Å². The number of H-pyrrole nitrogens is 1. The van der Waals surface area contributed by atoms with Gasteiger partial charge in [-0.15, -0.1) is 12.4 Å². The largest absolute Gasteiger partial charge is 0.357 e. The van der Waals surface area contributed by atoms with E-state index in [4.69, 9.17) is 0 Å². The van der Waals surface area contributed by atoms with Crippen LogP contribution in [0, 0.1) is 5.82 Å². The number of rotatable bonds is 1. The van der Waals surface area contributed by atoms with Crippen LogP contribution in [0.2, 0.25) is 0 Å². The maximum atomic E-state index is 12.8. The Kier molecular flexibility index (Phi) is 3.50. The van der Waals surface area contributed by atoms with Gasteiger partial charge in [-0.1, -0.05) is 0 Å². The van der Waals surface area contributed by atoms with Crippen molar-refractivity contribution in [1.29, 1.82) is 0 Å². The molecule has 2 aromatic rings. The van der Waals surface area contributed by atoms with Crippen LogP contribution in [0.25, 0.3) is 11.3 Å². The first-order valence-electron chi connectivity index (χ1n) is 5.50. The summed E-state index contributed by atoms with van der Waals surface area (Å²) in [6, 6.07) is 8.77. The fourth-order valence-corrected chi connectivity index (χ4v) is 2.14. The number of halogens is 2. The molecule has 0 aliphatic carbocycles. The minimum Gasteiger partial charge on any atom is -0.357 e. The molecule has 0 saturated carbocycles. The first-order chi connectivity index (χ1) is 7.83. The number of hydrogen-bond acceptors (Lipinski definition) is 1. The van der Waals surface area contributed by atoms with Gasteiger partial charge in [0.15, 0.2) is 0 Å². The second-order valence-corrected chi connectivity index (χ2v) is 4.12. The summed E-state index contributed by atoms with van der Waals surface area (Å²) in [6.45, 7) is 1.93. The molecule has 1 aliphatic rings. The minimum absolute atomic E-state index is 0. The highest BCUT2D eigenvalue weighted by Crippen LogP contribution is 2.23. The van der Waals surface area contributed by atoms with Crippen LogP contribution in [0.3, 0.4) is 0 Å². The van der Waals surface area contributed by atoms with Crippen LogP contribution in [-0.2, 0) is 13.0 Å². The van der Waals surface area contributed by atoms with E-state index in [2.05, 4.69) is 16.4 Å². The van der Waals surface area contributed by atoms with Crippen LogP contribution < -0.4 is 5.32 Å². The molecular formula is C13H14ClFN2. The summed E-state index contributed by atoms with van der Waals surface area (Å²) < 4.78 is 12.8. The molecule has 1 aromatic carbocycles. The van der Waals surface area contributed by atoms with Gasteiger partial charge in [-0.2, -0.15) is 0 Å². The van der Waals surface area contributed by atoms with E-state index < -0.39 is 0 Å². The summed E-state index contributed by atoms with van der Waals surface area (Å²) in [5, 5.41) is 3.32. The normalized spacial score (nSPS) is 13.9. The molecule has 0 atom stereocenters. The highest BCUT2D eigenvalue weighted by atomic mass is 35.5. The van der Waals surface area contributed by atoms with Gasteiger partial charge in [-0.25, -0.2) is 4.39 Å². The van der Waals surface area contributed by atoms with E-state index >= 15 is 0 Å². The van der Waals surface area contributed by atoms with E-state index in [-0.39, 0.29) is 18.2 Å². The van der Waals surface area contributed by atoms with Gasteiger partial charge < -0.3 is 10.3 Å². The Hall–Kier alpha value is -1.32. The molecule has 0 radical (unpaired) electrons. The van der Waals surface area contributed by atoms with E-state index in [1.807, 2.05) is 0 Å². The molecule has 0 bridgehead atoms. The number of aromatic nitrogens is 1. The fraction of sp³-hybridized carbons (Fsp3) is 0.231. The van der Waals surface area contributed by atoms with Gasteiger partial charge >= 0.3 is 0 Å². The van der Waals surface area contributed by atoms with Crippen molar-refractivity contribution in [2.24, 2.45) is 0 Å². The predicted octanol–water partition coefficient (Wildman–Crippen LogP) is 2.89. The molecule has 0 fully saturated rings. The van der Waals surface area contributed by atoms with Gasteiger partial charge in [-0.3, -0.25) is 0 Å². The van der Waals surface area contributed by atoms with Gasteiger partial charge in [0, 0.05) is 17.9 Å². The number of aromatic amines is 1. The fourth-order valence-electron chi connectivity index (χ4n) is 2.14. The Morgan fingerprint density at radius 1 is 1.12 bits per heavy atom. The summed E-state index contributed by atoms with van der Waals surface area (Å²) >= 11 is 0. The quantitative estimate of drug-likeness (QED) is 0.803. The van der Waals surface area contributed by atoms with Gasteiger partial charge in [-0.05, 0) is 54.4 Å². The van der Waals surface area contributed by atoms with Crippen LogP contribution >= 0.6 is 12.4 Å². The lowest BCUT2D eigenvalue weighted by Gasteiger charge is -2.11. The molecule has 90 valence electrons. The highest BCUT2D eigenvalue weighted by Gasteiger charge is 2.12. The van der Waals surface area contributed by atoms with Crippen molar-refractivity contribution in [2.45, 2.75) is 13.0 Å². The number of fused-ring (bicyclic) bond motifs is 1. The third kappa shape index (κ3) is 2.35. The Balaban J connectivity index is 0.00000108. The Morgan fingerprint density at radius 2 is 1.88 bits per heavy atom. The van der Waals surface area contributed by atoms with Gasteiger partial charge in [0.1, 0.15) is 5.82 Å². The summed E-state index contributed by atoms with van der Waals surface area (Å²) in [5.41, 5.74) is 4.74. The van der Waals surface area contributed by atoms with E-state index in [0.717, 1.165) is 30.8 Å². The molecule has 0 saturated heterocycles. The second-order valence-electron chi connectivity index (χ2n) is 4.12. The Morgan fingerprint density at radius 3 is 2.59 bits per heavy atom. The molecule has 0 unspecified atom stereocenters. The van der Waals surface area contributed by atoms with E-state index in [1.54, 1.807) is 12.1 Å². The smallest absolute Gasteiger partial charge is 0.123 e. The third-order valence-electron chi connectivity index (χ3n) is 3.02. The average Bonchev–Trinajstić information content (AvgIpc) is 2.73. The average molecular weight is 253 g/mol. The predicted molar refractivity (Wildman–Crippen MR) is 68.8 cm³/mol. The molecule has 3 rings (SSSR count). The maximum absolute atomic E-state index is 12.8. The number of hydrogen-bond donors (Lipinski definition) is 2. The van der Waals surface area contributed by atoms with Crippen LogP contribution in [0.15, 0.2) is 30.3 Å². The number of nitrogens with one attached hydrogen (secondary N) is 2. The molecule has 1 aromatic heterocycles. The topological polar surface area (TPSA) is 27.8 Å². The van der Waals surface area contributed by atoms with Crippen LogP contribution in [-0.4, -0.2) is 11.5 Å². The molecule has 0 amide bonds. The molecule has 17 heavy (non-hydrogen) atoms. The SMILES string of the molecule is Cl.Fc1ccc(-c2cc3c([nH]2)CNCC3)cc1. The monoisotopic (exact) mass is 252 g/mol. The van der Waals surface area contributed by atoms with Crippen LogP contribution in [0.1, 0.15) is 11.3 Å². The minimum atomic E-state index is -0.193. The molecule has 0 spiro atoms. The lowest BCUT2D eigenvalue weighted by Crippen LogP contribution is -2.22. The van der Waals surface area contributed by atoms with Crippen molar-refractivity contribution in [2.75, 3.05) is 6.54 Å². The summed E-state index contributed by atoms with van der Waals surface area (Å²) in [7, 11) is 0. The summed E-state index contributed by atoms with van der Waals surface area (Å²) in [5.74, 6) is -0.193. The highest BCUT2D eigenvalue weighted by molar-refractivity contribution is 5.85. The standard InChI is InChI=1S/C13H13FN2.ClH/c14-11-3-1-9(2-4-11)12-7-10-5-6-15-8-13(10)16-12;/h1-4,7,15-16H,5-6,8H2;1H. The third-order valence-corrected chi connectivity index (χ3v) is 3.02. The van der Waals surface area contributed by atoms with Crippen molar-refractivity contribution in [3.63, 3.8) is 0 Å². The first kappa shape index (κ1) is 12.1. The van der Waals surface area contributed by atoms with E-state index in [9.17, 15) is 4.39 Å².